The standard InChI is InChI=1S/C19H19NO5S/c1-12-9-14(24-3)10-13(2)18(12)26(22,23)20-11-16(19(21)25-4)15-7-5-6-8-17(15)20/h5-11H,1-4H3. The smallest absolute Gasteiger partial charge is 0.340 e. The zero-order chi connectivity index (χ0) is 19.1. The van der Waals surface area contributed by atoms with Crippen molar-refractivity contribution < 1.29 is 22.7 Å². The van der Waals surface area contributed by atoms with Gasteiger partial charge in [-0.05, 0) is 43.2 Å². The number of hydrogen-bond donors (Lipinski definition) is 0. The molecule has 0 aliphatic heterocycles. The van der Waals surface area contributed by atoms with Crippen LogP contribution in [0.2, 0.25) is 0 Å². The molecular weight excluding hydrogens is 354 g/mol. The van der Waals surface area contributed by atoms with Gasteiger partial charge in [0.1, 0.15) is 5.75 Å². The molecule has 0 radical (unpaired) electrons. The molecule has 0 atom stereocenters. The predicted octanol–water partition coefficient (Wildman–Crippen LogP) is 3.29. The Labute approximate surface area is 152 Å². The number of carbonyl (C=O) groups is 1. The minimum atomic E-state index is -3.92. The van der Waals surface area contributed by atoms with Gasteiger partial charge in [0.05, 0.1) is 30.2 Å². The molecule has 6 nitrogen and oxygen atoms in total. The number of para-hydroxylation sites is 1. The lowest BCUT2D eigenvalue weighted by Crippen LogP contribution is -2.15. The highest BCUT2D eigenvalue weighted by molar-refractivity contribution is 7.90. The van der Waals surface area contributed by atoms with Gasteiger partial charge in [0.2, 0.25) is 0 Å². The second kappa shape index (κ2) is 6.49. The number of aromatic nitrogens is 1. The van der Waals surface area contributed by atoms with E-state index in [1.807, 2.05) is 0 Å². The molecule has 0 N–H and O–H groups in total. The molecule has 0 unspecified atom stereocenters. The lowest BCUT2D eigenvalue weighted by atomic mass is 10.1. The molecule has 7 heteroatoms. The molecule has 3 aromatic rings. The highest BCUT2D eigenvalue weighted by Gasteiger charge is 2.27. The molecule has 0 fully saturated rings. The van der Waals surface area contributed by atoms with Gasteiger partial charge in [-0.3, -0.25) is 0 Å². The third kappa shape index (κ3) is 2.74. The number of aryl methyl sites for hydroxylation is 2. The van der Waals surface area contributed by atoms with Crippen LogP contribution >= 0.6 is 0 Å². The van der Waals surface area contributed by atoms with E-state index in [1.165, 1.54) is 20.4 Å². The van der Waals surface area contributed by atoms with Crippen LogP contribution in [0, 0.1) is 13.8 Å². The van der Waals surface area contributed by atoms with Crippen molar-refractivity contribution in [1.29, 1.82) is 0 Å². The molecule has 2 aromatic carbocycles. The first-order valence-corrected chi connectivity index (χ1v) is 9.34. The summed E-state index contributed by atoms with van der Waals surface area (Å²) in [6, 6.07) is 10.2. The minimum Gasteiger partial charge on any atom is -0.497 e. The van der Waals surface area contributed by atoms with Crippen LogP contribution < -0.4 is 4.74 Å². The topological polar surface area (TPSA) is 74.6 Å². The van der Waals surface area contributed by atoms with Gasteiger partial charge in [0.15, 0.2) is 0 Å². The van der Waals surface area contributed by atoms with Gasteiger partial charge in [0.25, 0.3) is 10.0 Å². The second-order valence-corrected chi connectivity index (χ2v) is 7.69. The monoisotopic (exact) mass is 373 g/mol. The van der Waals surface area contributed by atoms with Gasteiger partial charge >= 0.3 is 5.97 Å². The van der Waals surface area contributed by atoms with Crippen LogP contribution in [-0.4, -0.2) is 32.6 Å². The van der Waals surface area contributed by atoms with Crippen molar-refractivity contribution in [2.75, 3.05) is 14.2 Å². The number of esters is 1. The fourth-order valence-electron chi connectivity index (χ4n) is 3.16. The summed E-state index contributed by atoms with van der Waals surface area (Å²) in [5.74, 6) is 0.00453. The lowest BCUT2D eigenvalue weighted by molar-refractivity contribution is 0.0603. The molecule has 0 bridgehead atoms. The van der Waals surface area contributed by atoms with Gasteiger partial charge in [-0.25, -0.2) is 17.2 Å². The van der Waals surface area contributed by atoms with E-state index in [0.29, 0.717) is 27.8 Å². The van der Waals surface area contributed by atoms with E-state index >= 15 is 0 Å². The highest BCUT2D eigenvalue weighted by Crippen LogP contribution is 2.31. The van der Waals surface area contributed by atoms with Crippen LogP contribution in [0.25, 0.3) is 10.9 Å². The summed E-state index contributed by atoms with van der Waals surface area (Å²) in [4.78, 5) is 12.3. The maximum absolute atomic E-state index is 13.4. The number of hydrogen-bond acceptors (Lipinski definition) is 5. The van der Waals surface area contributed by atoms with Crippen molar-refractivity contribution in [3.8, 4) is 5.75 Å². The number of methoxy groups -OCH3 is 2. The van der Waals surface area contributed by atoms with Crippen molar-refractivity contribution in [2.24, 2.45) is 0 Å². The third-order valence-electron chi connectivity index (χ3n) is 4.27. The molecular formula is C19H19NO5S. The number of benzene rings is 2. The van der Waals surface area contributed by atoms with E-state index in [2.05, 4.69) is 0 Å². The van der Waals surface area contributed by atoms with Crippen LogP contribution in [0.5, 0.6) is 5.75 Å². The first kappa shape index (κ1) is 18.0. The number of carbonyl (C=O) groups excluding carboxylic acids is 1. The van der Waals surface area contributed by atoms with Crippen molar-refractivity contribution in [3.05, 3.63) is 59.3 Å². The van der Waals surface area contributed by atoms with E-state index in [1.54, 1.807) is 50.2 Å². The van der Waals surface area contributed by atoms with E-state index in [4.69, 9.17) is 9.47 Å². The summed E-state index contributed by atoms with van der Waals surface area (Å²) in [6.45, 7) is 3.44. The zero-order valence-electron chi connectivity index (χ0n) is 14.9. The summed E-state index contributed by atoms with van der Waals surface area (Å²) in [6.07, 6.45) is 1.31. The Morgan fingerprint density at radius 2 is 1.65 bits per heavy atom. The molecule has 1 aromatic heterocycles. The van der Waals surface area contributed by atoms with Gasteiger partial charge in [0, 0.05) is 11.6 Å². The quantitative estimate of drug-likeness (QED) is 0.656. The van der Waals surface area contributed by atoms with E-state index in [0.717, 1.165) is 3.97 Å². The van der Waals surface area contributed by atoms with Gasteiger partial charge in [-0.1, -0.05) is 18.2 Å². The minimum absolute atomic E-state index is 0.190. The van der Waals surface area contributed by atoms with Crippen molar-refractivity contribution >= 4 is 26.9 Å². The summed E-state index contributed by atoms with van der Waals surface area (Å²) >= 11 is 0. The van der Waals surface area contributed by atoms with Crippen molar-refractivity contribution in [2.45, 2.75) is 18.7 Å². The molecule has 0 amide bonds. The summed E-state index contributed by atoms with van der Waals surface area (Å²) in [5.41, 5.74) is 1.76. The van der Waals surface area contributed by atoms with Gasteiger partial charge in [-0.2, -0.15) is 0 Å². The highest BCUT2D eigenvalue weighted by atomic mass is 32.2. The molecule has 136 valence electrons. The molecule has 0 aliphatic carbocycles. The Balaban J connectivity index is 2.32. The molecule has 0 spiro atoms. The van der Waals surface area contributed by atoms with Crippen LogP contribution in [0.4, 0.5) is 0 Å². The van der Waals surface area contributed by atoms with Crippen LogP contribution in [0.1, 0.15) is 21.5 Å². The average molecular weight is 373 g/mol. The maximum Gasteiger partial charge on any atom is 0.340 e. The Hall–Kier alpha value is -2.80. The van der Waals surface area contributed by atoms with E-state index in [9.17, 15) is 13.2 Å². The normalized spacial score (nSPS) is 11.5. The van der Waals surface area contributed by atoms with Crippen molar-refractivity contribution in [1.82, 2.24) is 3.97 Å². The van der Waals surface area contributed by atoms with Crippen LogP contribution in [0.3, 0.4) is 0 Å². The fraction of sp³-hybridized carbons (Fsp3) is 0.211. The SMILES string of the molecule is COC(=O)c1cn(S(=O)(=O)c2c(C)cc(OC)cc2C)c2ccccc12. The number of rotatable bonds is 4. The Bertz CT molecular complexity index is 1090. The fourth-order valence-corrected chi connectivity index (χ4v) is 4.95. The van der Waals surface area contributed by atoms with Crippen LogP contribution in [0.15, 0.2) is 47.5 Å². The van der Waals surface area contributed by atoms with Crippen LogP contribution in [-0.2, 0) is 14.8 Å². The molecule has 26 heavy (non-hydrogen) atoms. The Kier molecular flexibility index (Phi) is 4.50. The molecule has 0 saturated carbocycles. The predicted molar refractivity (Wildman–Crippen MR) is 98.3 cm³/mol. The van der Waals surface area contributed by atoms with Gasteiger partial charge < -0.3 is 9.47 Å². The first-order valence-electron chi connectivity index (χ1n) is 7.90. The number of ether oxygens (including phenoxy) is 2. The molecule has 0 saturated heterocycles. The maximum atomic E-state index is 13.4. The lowest BCUT2D eigenvalue weighted by Gasteiger charge is -2.14. The Morgan fingerprint density at radius 3 is 2.23 bits per heavy atom. The third-order valence-corrected chi connectivity index (χ3v) is 6.25. The average Bonchev–Trinajstić information content (AvgIpc) is 3.00. The number of fused-ring (bicyclic) bond motifs is 1. The Morgan fingerprint density at radius 1 is 1.04 bits per heavy atom. The molecule has 3 rings (SSSR count). The van der Waals surface area contributed by atoms with E-state index < -0.39 is 16.0 Å². The molecule has 0 aliphatic rings. The number of nitrogens with zero attached hydrogens (tertiary/aromatic N) is 1. The molecule has 1 heterocycles. The van der Waals surface area contributed by atoms with Gasteiger partial charge in [-0.15, -0.1) is 0 Å². The zero-order valence-corrected chi connectivity index (χ0v) is 15.8. The first-order chi connectivity index (χ1) is 12.3. The van der Waals surface area contributed by atoms with E-state index in [-0.39, 0.29) is 10.5 Å². The summed E-state index contributed by atoms with van der Waals surface area (Å²) in [7, 11) is -1.12. The largest absolute Gasteiger partial charge is 0.497 e. The summed E-state index contributed by atoms with van der Waals surface area (Å²) < 4.78 is 37.9. The second-order valence-electron chi connectivity index (χ2n) is 5.94. The van der Waals surface area contributed by atoms with Crippen molar-refractivity contribution in [3.63, 3.8) is 0 Å². The summed E-state index contributed by atoms with van der Waals surface area (Å²) in [5, 5.41) is 0.520.